The van der Waals surface area contributed by atoms with E-state index >= 15 is 0 Å². The van der Waals surface area contributed by atoms with E-state index in [9.17, 15) is 9.59 Å². The van der Waals surface area contributed by atoms with Gasteiger partial charge in [-0.15, -0.1) is 0 Å². The van der Waals surface area contributed by atoms with Gasteiger partial charge in [-0.05, 0) is 18.1 Å². The van der Waals surface area contributed by atoms with E-state index in [-0.39, 0.29) is 11.8 Å². The second-order valence-corrected chi connectivity index (χ2v) is 4.63. The first-order chi connectivity index (χ1) is 8.47. The molecule has 18 heavy (non-hydrogen) atoms. The number of nitrogens with one attached hydrogen (secondary N) is 1. The lowest BCUT2D eigenvalue weighted by Gasteiger charge is -2.21. The van der Waals surface area contributed by atoms with Crippen LogP contribution in [-0.4, -0.2) is 17.9 Å². The van der Waals surface area contributed by atoms with Gasteiger partial charge in [-0.25, -0.2) is 0 Å². The van der Waals surface area contributed by atoms with Crippen LogP contribution < -0.4 is 11.1 Å². The summed E-state index contributed by atoms with van der Waals surface area (Å²) >= 11 is 5.92. The number of hydrogen-bond donors (Lipinski definition) is 2. The number of amides is 2. The molecule has 98 valence electrons. The minimum Gasteiger partial charge on any atom is -0.368 e. The maximum atomic E-state index is 12.0. The molecule has 0 heterocycles. The summed E-state index contributed by atoms with van der Waals surface area (Å²) in [6.07, 6.45) is 0.746. The second-order valence-electron chi connectivity index (χ2n) is 4.22. The predicted octanol–water partition coefficient (Wildman–Crippen LogP) is 1.97. The molecular formula is C13H17ClN2O2. The van der Waals surface area contributed by atoms with Gasteiger partial charge in [-0.2, -0.15) is 0 Å². The fourth-order valence-electron chi connectivity index (χ4n) is 1.59. The quantitative estimate of drug-likeness (QED) is 0.857. The Balaban J connectivity index is 2.86. The van der Waals surface area contributed by atoms with Crippen molar-refractivity contribution in [3.63, 3.8) is 0 Å². The lowest BCUT2D eigenvalue weighted by atomic mass is 9.98. The van der Waals surface area contributed by atoms with Crippen LogP contribution in [0, 0.1) is 5.92 Å². The van der Waals surface area contributed by atoms with Crippen molar-refractivity contribution in [1.29, 1.82) is 0 Å². The van der Waals surface area contributed by atoms with E-state index in [0.717, 1.165) is 6.42 Å². The zero-order valence-corrected chi connectivity index (χ0v) is 11.2. The first-order valence-corrected chi connectivity index (χ1v) is 6.19. The van der Waals surface area contributed by atoms with Gasteiger partial charge in [0.2, 0.25) is 5.91 Å². The highest BCUT2D eigenvalue weighted by Gasteiger charge is 2.24. The van der Waals surface area contributed by atoms with E-state index in [2.05, 4.69) is 5.32 Å². The Bertz CT molecular complexity index is 448. The van der Waals surface area contributed by atoms with Gasteiger partial charge in [0, 0.05) is 0 Å². The Morgan fingerprint density at radius 1 is 1.39 bits per heavy atom. The van der Waals surface area contributed by atoms with Gasteiger partial charge in [0.1, 0.15) is 6.04 Å². The molecule has 0 saturated carbocycles. The molecule has 4 nitrogen and oxygen atoms in total. The van der Waals surface area contributed by atoms with Gasteiger partial charge in [0.05, 0.1) is 10.6 Å². The highest BCUT2D eigenvalue weighted by Crippen LogP contribution is 2.16. The van der Waals surface area contributed by atoms with Crippen molar-refractivity contribution in [3.8, 4) is 0 Å². The van der Waals surface area contributed by atoms with Gasteiger partial charge < -0.3 is 11.1 Å². The topological polar surface area (TPSA) is 72.2 Å². The summed E-state index contributed by atoms with van der Waals surface area (Å²) in [6, 6.07) is 5.99. The predicted molar refractivity (Wildman–Crippen MR) is 71.4 cm³/mol. The van der Waals surface area contributed by atoms with Crippen LogP contribution in [-0.2, 0) is 4.79 Å². The van der Waals surface area contributed by atoms with E-state index in [4.69, 9.17) is 17.3 Å². The first kappa shape index (κ1) is 14.5. The Labute approximate surface area is 112 Å². The lowest BCUT2D eigenvalue weighted by molar-refractivity contribution is -0.120. The van der Waals surface area contributed by atoms with Crippen molar-refractivity contribution in [1.82, 2.24) is 5.32 Å². The molecule has 1 aromatic carbocycles. The average Bonchev–Trinajstić information content (AvgIpc) is 2.35. The summed E-state index contributed by atoms with van der Waals surface area (Å²) < 4.78 is 0. The minimum absolute atomic E-state index is 0.0195. The fourth-order valence-corrected chi connectivity index (χ4v) is 1.82. The number of hydrogen-bond acceptors (Lipinski definition) is 2. The molecule has 0 spiro atoms. The Morgan fingerprint density at radius 2 is 2.00 bits per heavy atom. The van der Waals surface area contributed by atoms with E-state index < -0.39 is 11.9 Å². The number of primary amides is 1. The number of carbonyl (C=O) groups is 2. The Hall–Kier alpha value is -1.55. The van der Waals surface area contributed by atoms with E-state index in [1.807, 2.05) is 13.8 Å². The van der Waals surface area contributed by atoms with E-state index in [0.29, 0.717) is 10.6 Å². The minimum atomic E-state index is -0.682. The van der Waals surface area contributed by atoms with Crippen LogP contribution in [0.15, 0.2) is 24.3 Å². The van der Waals surface area contributed by atoms with Gasteiger partial charge in [-0.3, -0.25) is 9.59 Å². The van der Waals surface area contributed by atoms with E-state index in [1.165, 1.54) is 0 Å². The standard InChI is InChI=1S/C13H17ClN2O2/c1-3-8(2)11(12(15)17)16-13(18)9-6-4-5-7-10(9)14/h4-8,11H,3H2,1-2H3,(H2,15,17)(H,16,18)/t8-,11-/m0/s1. The number of carbonyl (C=O) groups excluding carboxylic acids is 2. The molecule has 1 rings (SSSR count). The van der Waals surface area contributed by atoms with Crippen LogP contribution in [0.4, 0.5) is 0 Å². The molecule has 0 unspecified atom stereocenters. The zero-order valence-electron chi connectivity index (χ0n) is 10.4. The molecule has 0 radical (unpaired) electrons. The van der Waals surface area contributed by atoms with Crippen LogP contribution >= 0.6 is 11.6 Å². The molecule has 1 aromatic rings. The number of nitrogens with two attached hydrogens (primary N) is 1. The third kappa shape index (κ3) is 3.47. The van der Waals surface area contributed by atoms with Gasteiger partial charge in [0.25, 0.3) is 5.91 Å². The van der Waals surface area contributed by atoms with Gasteiger partial charge >= 0.3 is 0 Å². The molecule has 0 aliphatic carbocycles. The fraction of sp³-hybridized carbons (Fsp3) is 0.385. The molecule has 2 amide bonds. The SMILES string of the molecule is CC[C@H](C)[C@H](NC(=O)c1ccccc1Cl)C(N)=O. The second kappa shape index (κ2) is 6.40. The average molecular weight is 269 g/mol. The summed E-state index contributed by atoms with van der Waals surface area (Å²) in [6.45, 7) is 3.80. The third-order valence-corrected chi connectivity index (χ3v) is 3.25. The summed E-state index contributed by atoms with van der Waals surface area (Å²) in [4.78, 5) is 23.3. The molecule has 5 heteroatoms. The Morgan fingerprint density at radius 3 is 2.50 bits per heavy atom. The van der Waals surface area contributed by atoms with Crippen molar-refractivity contribution >= 4 is 23.4 Å². The van der Waals surface area contributed by atoms with Crippen LogP contribution in [0.3, 0.4) is 0 Å². The Kier molecular flexibility index (Phi) is 5.16. The highest BCUT2D eigenvalue weighted by molar-refractivity contribution is 6.33. The van der Waals surface area contributed by atoms with Crippen LogP contribution in [0.1, 0.15) is 30.6 Å². The molecule has 0 aliphatic rings. The lowest BCUT2D eigenvalue weighted by Crippen LogP contribution is -2.48. The smallest absolute Gasteiger partial charge is 0.253 e. The summed E-state index contributed by atoms with van der Waals surface area (Å²) in [7, 11) is 0. The normalized spacial score (nSPS) is 13.7. The maximum absolute atomic E-state index is 12.0. The summed E-state index contributed by atoms with van der Waals surface area (Å²) in [5, 5.41) is 2.98. The van der Waals surface area contributed by atoms with Crippen LogP contribution in [0.5, 0.6) is 0 Å². The van der Waals surface area contributed by atoms with Crippen LogP contribution in [0.25, 0.3) is 0 Å². The van der Waals surface area contributed by atoms with Crippen molar-refractivity contribution in [3.05, 3.63) is 34.9 Å². The largest absolute Gasteiger partial charge is 0.368 e. The monoisotopic (exact) mass is 268 g/mol. The van der Waals surface area contributed by atoms with Crippen molar-refractivity contribution in [2.24, 2.45) is 11.7 Å². The molecule has 0 aromatic heterocycles. The molecule has 0 fully saturated rings. The molecule has 3 N–H and O–H groups in total. The van der Waals surface area contributed by atoms with Gasteiger partial charge in [-0.1, -0.05) is 44.0 Å². The molecule has 0 bridgehead atoms. The van der Waals surface area contributed by atoms with Gasteiger partial charge in [0.15, 0.2) is 0 Å². The first-order valence-electron chi connectivity index (χ1n) is 5.82. The number of halogens is 1. The molecular weight excluding hydrogens is 252 g/mol. The molecule has 0 aliphatic heterocycles. The molecule has 2 atom stereocenters. The van der Waals surface area contributed by atoms with Crippen molar-refractivity contribution in [2.75, 3.05) is 0 Å². The summed E-state index contributed by atoms with van der Waals surface area (Å²) in [5.41, 5.74) is 5.63. The van der Waals surface area contributed by atoms with Crippen molar-refractivity contribution < 1.29 is 9.59 Å². The molecule has 0 saturated heterocycles. The highest BCUT2D eigenvalue weighted by atomic mass is 35.5. The van der Waals surface area contributed by atoms with E-state index in [1.54, 1.807) is 24.3 Å². The summed E-state index contributed by atoms with van der Waals surface area (Å²) in [5.74, 6) is -0.941. The number of rotatable bonds is 5. The number of benzene rings is 1. The van der Waals surface area contributed by atoms with Crippen molar-refractivity contribution in [2.45, 2.75) is 26.3 Å². The zero-order chi connectivity index (χ0) is 13.7. The van der Waals surface area contributed by atoms with Crippen LogP contribution in [0.2, 0.25) is 5.02 Å². The maximum Gasteiger partial charge on any atom is 0.253 e. The third-order valence-electron chi connectivity index (χ3n) is 2.92.